The van der Waals surface area contributed by atoms with Crippen LogP contribution in [0.1, 0.15) is 5.37 Å². The number of halogens is 1. The maximum Gasteiger partial charge on any atom is 0.329 e. The summed E-state index contributed by atoms with van der Waals surface area (Å²) in [4.78, 5) is 24.3. The quantitative estimate of drug-likeness (QED) is 0.625. The second kappa shape index (κ2) is 4.63. The highest BCUT2D eigenvalue weighted by Crippen LogP contribution is 2.42. The number of thioether (sulfide) groups is 1. The van der Waals surface area contributed by atoms with Crippen LogP contribution in [-0.4, -0.2) is 43.9 Å². The minimum absolute atomic E-state index is 0.374. The summed E-state index contributed by atoms with van der Waals surface area (Å²) in [6.07, 6.45) is -1.81. The Balaban J connectivity index is 2.35. The number of alkyl halides is 1. The van der Waals surface area contributed by atoms with E-state index in [2.05, 4.69) is 0 Å². The Hall–Kier alpha value is -1.12. The molecular weight excluding hydrogens is 251 g/mol. The van der Waals surface area contributed by atoms with Crippen molar-refractivity contribution in [3.05, 3.63) is 33.1 Å². The summed E-state index contributed by atoms with van der Waals surface area (Å²) in [6.45, 7) is -0.374. The molecule has 0 amide bonds. The lowest BCUT2D eigenvalue weighted by Crippen LogP contribution is -2.35. The van der Waals surface area contributed by atoms with Gasteiger partial charge in [-0.3, -0.25) is 14.3 Å². The number of hydrogen-bond acceptors (Lipinski definition) is 5. The fourth-order valence-electron chi connectivity index (χ4n) is 1.71. The molecule has 94 valence electrons. The highest BCUT2D eigenvalue weighted by molar-refractivity contribution is 8.00. The molecule has 3 N–H and O–H groups in total. The first-order valence-electron chi connectivity index (χ1n) is 4.94. The Morgan fingerprint density at radius 3 is 2.76 bits per heavy atom. The lowest BCUT2D eigenvalue weighted by Gasteiger charge is -2.15. The number of nitrogens with zero attached hydrogens (tertiary/aromatic N) is 1. The average molecular weight is 262 g/mol. The van der Waals surface area contributed by atoms with Crippen molar-refractivity contribution in [3.8, 4) is 0 Å². The Labute approximate surface area is 99.1 Å². The van der Waals surface area contributed by atoms with E-state index in [1.54, 1.807) is 0 Å². The molecular formula is C9H11FN2O4S. The fourth-order valence-corrected chi connectivity index (χ4v) is 3.07. The molecule has 1 fully saturated rings. The lowest BCUT2D eigenvalue weighted by atomic mass is 10.1. The van der Waals surface area contributed by atoms with E-state index in [4.69, 9.17) is 5.11 Å². The van der Waals surface area contributed by atoms with Gasteiger partial charge in [0.25, 0.3) is 5.56 Å². The highest BCUT2D eigenvalue weighted by atomic mass is 32.2. The third kappa shape index (κ3) is 2.15. The maximum atomic E-state index is 13.8. The van der Waals surface area contributed by atoms with Crippen molar-refractivity contribution in [3.63, 3.8) is 0 Å². The first-order chi connectivity index (χ1) is 8.04. The first-order valence-corrected chi connectivity index (χ1v) is 5.89. The Morgan fingerprint density at radius 2 is 2.24 bits per heavy atom. The molecule has 0 unspecified atom stereocenters. The second-order valence-corrected chi connectivity index (χ2v) is 5.06. The Kier molecular flexibility index (Phi) is 3.36. The molecule has 2 rings (SSSR count). The predicted octanol–water partition coefficient (Wildman–Crippen LogP) is -1.16. The zero-order chi connectivity index (χ0) is 12.6. The van der Waals surface area contributed by atoms with Gasteiger partial charge in [0, 0.05) is 12.3 Å². The number of nitrogens with one attached hydrogen (secondary N) is 1. The number of aromatic amines is 1. The molecule has 4 atom stereocenters. The molecule has 0 aliphatic carbocycles. The van der Waals surface area contributed by atoms with E-state index in [-0.39, 0.29) is 6.61 Å². The first kappa shape index (κ1) is 12.3. The minimum atomic E-state index is -1.67. The molecule has 2 heterocycles. The Morgan fingerprint density at radius 1 is 1.53 bits per heavy atom. The lowest BCUT2D eigenvalue weighted by molar-refractivity contribution is 0.0631. The zero-order valence-corrected chi connectivity index (χ0v) is 9.43. The van der Waals surface area contributed by atoms with Crippen molar-refractivity contribution >= 4 is 11.8 Å². The van der Waals surface area contributed by atoms with Crippen LogP contribution < -0.4 is 11.2 Å². The normalized spacial score (nSPS) is 32.9. The number of aromatic nitrogens is 2. The van der Waals surface area contributed by atoms with Crippen LogP contribution in [0.2, 0.25) is 0 Å². The van der Waals surface area contributed by atoms with Crippen molar-refractivity contribution in [2.75, 3.05) is 6.61 Å². The van der Waals surface area contributed by atoms with Crippen LogP contribution in [0.15, 0.2) is 21.9 Å². The summed E-state index contributed by atoms with van der Waals surface area (Å²) < 4.78 is 14.8. The van der Waals surface area contributed by atoms with E-state index in [1.807, 2.05) is 4.98 Å². The number of aliphatic hydroxyl groups excluding tert-OH is 2. The third-order valence-electron chi connectivity index (χ3n) is 2.60. The minimum Gasteiger partial charge on any atom is -0.395 e. The van der Waals surface area contributed by atoms with Crippen LogP contribution in [0.4, 0.5) is 4.39 Å². The average Bonchev–Trinajstić information content (AvgIpc) is 2.57. The van der Waals surface area contributed by atoms with Crippen LogP contribution in [0.25, 0.3) is 0 Å². The molecule has 1 saturated heterocycles. The van der Waals surface area contributed by atoms with Crippen molar-refractivity contribution in [1.29, 1.82) is 0 Å². The summed E-state index contributed by atoms with van der Waals surface area (Å²) in [5.74, 6) is 0. The monoisotopic (exact) mass is 262 g/mol. The summed E-state index contributed by atoms with van der Waals surface area (Å²) in [7, 11) is 0. The van der Waals surface area contributed by atoms with Crippen LogP contribution >= 0.6 is 11.8 Å². The van der Waals surface area contributed by atoms with Crippen LogP contribution in [0.5, 0.6) is 0 Å². The summed E-state index contributed by atoms with van der Waals surface area (Å²) >= 11 is 0.966. The second-order valence-electron chi connectivity index (χ2n) is 3.70. The van der Waals surface area contributed by atoms with Gasteiger partial charge in [-0.25, -0.2) is 9.18 Å². The van der Waals surface area contributed by atoms with E-state index in [0.29, 0.717) is 0 Å². The number of H-pyrrole nitrogens is 1. The predicted molar refractivity (Wildman–Crippen MR) is 59.7 cm³/mol. The molecule has 0 saturated carbocycles. The van der Waals surface area contributed by atoms with Gasteiger partial charge in [0.1, 0.15) is 11.5 Å². The van der Waals surface area contributed by atoms with Crippen LogP contribution in [0, 0.1) is 0 Å². The maximum absolute atomic E-state index is 13.8. The molecule has 8 heteroatoms. The van der Waals surface area contributed by atoms with Gasteiger partial charge in [-0.15, -0.1) is 11.8 Å². The van der Waals surface area contributed by atoms with Gasteiger partial charge < -0.3 is 10.2 Å². The summed E-state index contributed by atoms with van der Waals surface area (Å²) in [5.41, 5.74) is -1.30. The molecule has 0 spiro atoms. The number of rotatable bonds is 2. The van der Waals surface area contributed by atoms with Gasteiger partial charge in [-0.2, -0.15) is 0 Å². The topological polar surface area (TPSA) is 95.3 Å². The van der Waals surface area contributed by atoms with Crippen molar-refractivity contribution in [1.82, 2.24) is 9.55 Å². The fraction of sp³-hybridized carbons (Fsp3) is 0.556. The zero-order valence-electron chi connectivity index (χ0n) is 8.62. The molecule has 1 aromatic rings. The number of aliphatic hydroxyl groups is 2. The molecule has 6 nitrogen and oxygen atoms in total. The smallest absolute Gasteiger partial charge is 0.329 e. The molecule has 17 heavy (non-hydrogen) atoms. The Bertz CT molecular complexity index is 516. The van der Waals surface area contributed by atoms with Gasteiger partial charge in [0.05, 0.1) is 11.9 Å². The van der Waals surface area contributed by atoms with Crippen molar-refractivity contribution in [2.45, 2.75) is 22.9 Å². The molecule has 0 bridgehead atoms. The molecule has 1 aliphatic rings. The van der Waals surface area contributed by atoms with E-state index in [0.717, 1.165) is 22.4 Å². The van der Waals surface area contributed by atoms with Gasteiger partial charge in [-0.1, -0.05) is 0 Å². The molecule has 0 aromatic carbocycles. The van der Waals surface area contributed by atoms with Gasteiger partial charge >= 0.3 is 5.69 Å². The largest absolute Gasteiger partial charge is 0.395 e. The standard InChI is InChI=1S/C9H11FN2O4S/c10-6-7(15)4(3-13)17-8(6)12-2-1-5(14)11-9(12)16/h1-2,4,6-8,13,15H,3H2,(H,11,14,16)/t4-,6+,7-,8+/m0/s1. The van der Waals surface area contributed by atoms with E-state index in [9.17, 15) is 19.1 Å². The van der Waals surface area contributed by atoms with E-state index in [1.165, 1.54) is 6.20 Å². The van der Waals surface area contributed by atoms with Crippen molar-refractivity contribution < 1.29 is 14.6 Å². The summed E-state index contributed by atoms with van der Waals surface area (Å²) in [5, 5.41) is 16.8. The van der Waals surface area contributed by atoms with E-state index < -0.39 is 34.1 Å². The van der Waals surface area contributed by atoms with Crippen LogP contribution in [-0.2, 0) is 0 Å². The molecule has 1 aliphatic heterocycles. The molecule has 0 radical (unpaired) electrons. The van der Waals surface area contributed by atoms with Gasteiger partial charge in [0.2, 0.25) is 0 Å². The van der Waals surface area contributed by atoms with Gasteiger partial charge in [-0.05, 0) is 0 Å². The molecule has 1 aromatic heterocycles. The van der Waals surface area contributed by atoms with Crippen molar-refractivity contribution in [2.24, 2.45) is 0 Å². The third-order valence-corrected chi connectivity index (χ3v) is 4.14. The highest BCUT2D eigenvalue weighted by Gasteiger charge is 2.44. The SMILES string of the molecule is O=c1ccn([C@@H]2S[C@@H](CO)[C@H](O)[C@H]2F)c(=O)[nH]1. The van der Waals surface area contributed by atoms with Gasteiger partial charge in [0.15, 0.2) is 6.17 Å². The summed E-state index contributed by atoms with van der Waals surface area (Å²) in [6, 6.07) is 1.10. The van der Waals surface area contributed by atoms with E-state index >= 15 is 0 Å². The number of hydrogen-bond donors (Lipinski definition) is 3. The van der Waals surface area contributed by atoms with Crippen LogP contribution in [0.3, 0.4) is 0 Å².